The van der Waals surface area contributed by atoms with Crippen LogP contribution >= 0.6 is 0 Å². The van der Waals surface area contributed by atoms with Crippen LogP contribution in [-0.2, 0) is 9.59 Å². The molecule has 3 aliphatic rings. The van der Waals surface area contributed by atoms with Crippen molar-refractivity contribution in [3.8, 4) is 0 Å². The van der Waals surface area contributed by atoms with E-state index < -0.39 is 11.6 Å². The van der Waals surface area contributed by atoms with Crippen molar-refractivity contribution in [2.75, 3.05) is 6.54 Å². The van der Waals surface area contributed by atoms with Gasteiger partial charge in [-0.25, -0.2) is 4.79 Å². The number of hydrogen-bond acceptors (Lipinski definition) is 3. The Morgan fingerprint density at radius 2 is 1.95 bits per heavy atom. The molecule has 0 bridgehead atoms. The van der Waals surface area contributed by atoms with E-state index in [-0.39, 0.29) is 24.4 Å². The SMILES string of the molecule is CC1CCC2(CC1)C(=O)NC(=O)N2CC(=O)NC1CC1. The van der Waals surface area contributed by atoms with E-state index in [0.29, 0.717) is 18.8 Å². The van der Waals surface area contributed by atoms with E-state index in [2.05, 4.69) is 17.6 Å². The third-order valence-corrected chi connectivity index (χ3v) is 4.75. The smallest absolute Gasteiger partial charge is 0.325 e. The van der Waals surface area contributed by atoms with Crippen molar-refractivity contribution in [1.29, 1.82) is 0 Å². The molecule has 20 heavy (non-hydrogen) atoms. The zero-order valence-electron chi connectivity index (χ0n) is 11.8. The highest BCUT2D eigenvalue weighted by Gasteiger charge is 2.54. The summed E-state index contributed by atoms with van der Waals surface area (Å²) in [5.41, 5.74) is -0.787. The van der Waals surface area contributed by atoms with Gasteiger partial charge < -0.3 is 10.2 Å². The normalized spacial score (nSPS) is 33.5. The number of imide groups is 1. The number of hydrogen-bond donors (Lipinski definition) is 2. The predicted octanol–water partition coefficient (Wildman–Crippen LogP) is 0.766. The maximum atomic E-state index is 12.2. The highest BCUT2D eigenvalue weighted by molar-refractivity contribution is 6.08. The molecular weight excluding hydrogens is 258 g/mol. The van der Waals surface area contributed by atoms with Gasteiger partial charge in [-0.3, -0.25) is 14.9 Å². The van der Waals surface area contributed by atoms with E-state index in [1.807, 2.05) is 0 Å². The quantitative estimate of drug-likeness (QED) is 0.749. The van der Waals surface area contributed by atoms with Gasteiger partial charge in [-0.2, -0.15) is 0 Å². The zero-order chi connectivity index (χ0) is 14.3. The summed E-state index contributed by atoms with van der Waals surface area (Å²) in [7, 11) is 0. The Balaban J connectivity index is 1.73. The van der Waals surface area contributed by atoms with Crippen molar-refractivity contribution >= 4 is 17.8 Å². The molecule has 0 unspecified atom stereocenters. The summed E-state index contributed by atoms with van der Waals surface area (Å²) in [4.78, 5) is 37.6. The second kappa shape index (κ2) is 4.75. The van der Waals surface area contributed by atoms with Gasteiger partial charge in [0.1, 0.15) is 12.1 Å². The van der Waals surface area contributed by atoms with Gasteiger partial charge in [0.25, 0.3) is 5.91 Å². The molecule has 0 radical (unpaired) electrons. The Labute approximate surface area is 118 Å². The van der Waals surface area contributed by atoms with Crippen LogP contribution in [-0.4, -0.2) is 40.9 Å². The topological polar surface area (TPSA) is 78.5 Å². The molecule has 2 saturated carbocycles. The van der Waals surface area contributed by atoms with Crippen LogP contribution in [0, 0.1) is 5.92 Å². The van der Waals surface area contributed by atoms with E-state index in [1.54, 1.807) is 0 Å². The monoisotopic (exact) mass is 279 g/mol. The first-order valence-corrected chi connectivity index (χ1v) is 7.44. The third-order valence-electron chi connectivity index (χ3n) is 4.75. The van der Waals surface area contributed by atoms with E-state index in [9.17, 15) is 14.4 Å². The van der Waals surface area contributed by atoms with Crippen molar-refractivity contribution in [1.82, 2.24) is 15.5 Å². The maximum Gasteiger partial charge on any atom is 0.325 e. The maximum absolute atomic E-state index is 12.2. The molecule has 0 atom stereocenters. The van der Waals surface area contributed by atoms with Crippen LogP contribution < -0.4 is 10.6 Å². The van der Waals surface area contributed by atoms with Gasteiger partial charge >= 0.3 is 6.03 Å². The lowest BCUT2D eigenvalue weighted by Crippen LogP contribution is -2.54. The summed E-state index contributed by atoms with van der Waals surface area (Å²) in [5, 5.41) is 5.26. The first-order chi connectivity index (χ1) is 9.51. The van der Waals surface area contributed by atoms with Crippen LogP contribution in [0.5, 0.6) is 0 Å². The molecule has 2 aliphatic carbocycles. The standard InChI is InChI=1S/C14H21N3O3/c1-9-4-6-14(7-5-9)12(19)16-13(20)17(14)8-11(18)15-10-2-3-10/h9-10H,2-8H2,1H3,(H,15,18)(H,16,19,20). The van der Waals surface area contributed by atoms with Gasteiger partial charge in [-0.1, -0.05) is 6.92 Å². The van der Waals surface area contributed by atoms with Crippen LogP contribution in [0.3, 0.4) is 0 Å². The summed E-state index contributed by atoms with van der Waals surface area (Å²) in [6, 6.07) is -0.151. The number of amides is 4. The van der Waals surface area contributed by atoms with Gasteiger partial charge in [-0.05, 0) is 44.4 Å². The van der Waals surface area contributed by atoms with Crippen molar-refractivity contribution in [3.63, 3.8) is 0 Å². The fraction of sp³-hybridized carbons (Fsp3) is 0.786. The Bertz CT molecular complexity index is 451. The van der Waals surface area contributed by atoms with Crippen molar-refractivity contribution in [2.24, 2.45) is 5.92 Å². The molecule has 4 amide bonds. The minimum Gasteiger partial charge on any atom is -0.352 e. The van der Waals surface area contributed by atoms with Gasteiger partial charge in [-0.15, -0.1) is 0 Å². The van der Waals surface area contributed by atoms with Gasteiger partial charge in [0.2, 0.25) is 5.91 Å². The summed E-state index contributed by atoms with van der Waals surface area (Å²) in [6.45, 7) is 2.15. The molecule has 0 aromatic carbocycles. The molecule has 3 rings (SSSR count). The number of urea groups is 1. The third kappa shape index (κ3) is 2.27. The molecule has 0 aromatic rings. The highest BCUT2D eigenvalue weighted by atomic mass is 16.2. The second-order valence-electron chi connectivity index (χ2n) is 6.40. The van der Waals surface area contributed by atoms with Crippen LogP contribution in [0.15, 0.2) is 0 Å². The minimum absolute atomic E-state index is 0.0115. The summed E-state index contributed by atoms with van der Waals surface area (Å²) < 4.78 is 0. The van der Waals surface area contributed by atoms with E-state index in [1.165, 1.54) is 4.90 Å². The molecule has 2 N–H and O–H groups in total. The van der Waals surface area contributed by atoms with Crippen LogP contribution in [0.4, 0.5) is 4.79 Å². The fourth-order valence-electron chi connectivity index (χ4n) is 3.20. The lowest BCUT2D eigenvalue weighted by atomic mass is 9.76. The number of carbonyl (C=O) groups is 3. The van der Waals surface area contributed by atoms with Crippen molar-refractivity contribution < 1.29 is 14.4 Å². The zero-order valence-corrected chi connectivity index (χ0v) is 11.8. The Morgan fingerprint density at radius 3 is 2.55 bits per heavy atom. The first-order valence-electron chi connectivity index (χ1n) is 7.44. The molecule has 6 heteroatoms. The summed E-state index contributed by atoms with van der Waals surface area (Å²) in [6.07, 6.45) is 5.17. The number of carbonyl (C=O) groups excluding carboxylic acids is 3. The molecular formula is C14H21N3O3. The van der Waals surface area contributed by atoms with Crippen molar-refractivity contribution in [2.45, 2.75) is 57.0 Å². The molecule has 1 saturated heterocycles. The van der Waals surface area contributed by atoms with Gasteiger partial charge in [0.15, 0.2) is 0 Å². The number of nitrogens with one attached hydrogen (secondary N) is 2. The average molecular weight is 279 g/mol. The Hall–Kier alpha value is -1.59. The number of rotatable bonds is 3. The lowest BCUT2D eigenvalue weighted by Gasteiger charge is -2.39. The highest BCUT2D eigenvalue weighted by Crippen LogP contribution is 2.39. The number of nitrogens with zero attached hydrogens (tertiary/aromatic N) is 1. The predicted molar refractivity (Wildman–Crippen MR) is 71.8 cm³/mol. The van der Waals surface area contributed by atoms with Crippen molar-refractivity contribution in [3.05, 3.63) is 0 Å². The van der Waals surface area contributed by atoms with Crippen LogP contribution in [0.25, 0.3) is 0 Å². The molecule has 6 nitrogen and oxygen atoms in total. The van der Waals surface area contributed by atoms with E-state index in [4.69, 9.17) is 0 Å². The van der Waals surface area contributed by atoms with Crippen LogP contribution in [0.1, 0.15) is 45.4 Å². The Kier molecular flexibility index (Phi) is 3.18. The molecule has 0 aromatic heterocycles. The average Bonchev–Trinajstić information content (AvgIpc) is 3.17. The second-order valence-corrected chi connectivity index (χ2v) is 6.40. The summed E-state index contributed by atoms with van der Waals surface area (Å²) >= 11 is 0. The van der Waals surface area contributed by atoms with E-state index >= 15 is 0 Å². The minimum atomic E-state index is -0.787. The fourth-order valence-corrected chi connectivity index (χ4v) is 3.20. The molecule has 1 heterocycles. The molecule has 1 aliphatic heterocycles. The molecule has 1 spiro atoms. The van der Waals surface area contributed by atoms with Gasteiger partial charge in [0.05, 0.1) is 0 Å². The molecule has 3 fully saturated rings. The summed E-state index contributed by atoms with van der Waals surface area (Å²) in [5.74, 6) is 0.190. The van der Waals surface area contributed by atoms with Gasteiger partial charge in [0, 0.05) is 6.04 Å². The van der Waals surface area contributed by atoms with E-state index in [0.717, 1.165) is 25.7 Å². The first kappa shape index (κ1) is 13.4. The molecule has 110 valence electrons. The van der Waals surface area contributed by atoms with Crippen LogP contribution in [0.2, 0.25) is 0 Å². The lowest BCUT2D eigenvalue weighted by molar-refractivity contribution is -0.130. The Morgan fingerprint density at radius 1 is 1.30 bits per heavy atom. The largest absolute Gasteiger partial charge is 0.352 e.